The quantitative estimate of drug-likeness (QED) is 0.717. The molecule has 2 rings (SSSR count). The van der Waals surface area contributed by atoms with Gasteiger partial charge in [-0.3, -0.25) is 4.79 Å². The lowest BCUT2D eigenvalue weighted by Crippen LogP contribution is -2.29. The number of rotatable bonds is 9. The van der Waals surface area contributed by atoms with E-state index in [-0.39, 0.29) is 5.91 Å². The second-order valence-corrected chi connectivity index (χ2v) is 5.81. The number of ether oxygens (including phenoxy) is 2. The van der Waals surface area contributed by atoms with E-state index in [1.165, 1.54) is 5.56 Å². The van der Waals surface area contributed by atoms with Gasteiger partial charge in [-0.25, -0.2) is 0 Å². The molecule has 0 unspecified atom stereocenters. The lowest BCUT2D eigenvalue weighted by atomic mass is 10.2. The lowest BCUT2D eigenvalue weighted by Gasteiger charge is -2.10. The molecule has 23 heavy (non-hydrogen) atoms. The molecular formula is C18H21NO3S. The third-order valence-electron chi connectivity index (χ3n) is 3.10. The zero-order valence-corrected chi connectivity index (χ0v) is 14.0. The first kappa shape index (κ1) is 17.2. The van der Waals surface area contributed by atoms with Crippen molar-refractivity contribution in [2.45, 2.75) is 5.75 Å². The van der Waals surface area contributed by atoms with E-state index >= 15 is 0 Å². The molecule has 0 aliphatic carbocycles. The van der Waals surface area contributed by atoms with E-state index in [1.54, 1.807) is 18.9 Å². The maximum absolute atomic E-state index is 11.8. The fraction of sp³-hybridized carbons (Fsp3) is 0.278. The fourth-order valence-corrected chi connectivity index (χ4v) is 2.79. The molecule has 2 aromatic carbocycles. The molecule has 0 radical (unpaired) electrons. The lowest BCUT2D eigenvalue weighted by molar-refractivity contribution is -0.118. The van der Waals surface area contributed by atoms with Crippen LogP contribution in [0.4, 0.5) is 0 Å². The number of methoxy groups -OCH3 is 1. The highest BCUT2D eigenvalue weighted by Gasteiger charge is 2.04. The Morgan fingerprint density at radius 2 is 1.74 bits per heavy atom. The van der Waals surface area contributed by atoms with E-state index in [1.807, 2.05) is 42.5 Å². The molecule has 0 bridgehead atoms. The summed E-state index contributed by atoms with van der Waals surface area (Å²) in [4.78, 5) is 11.8. The van der Waals surface area contributed by atoms with Crippen LogP contribution in [0.3, 0.4) is 0 Å². The maximum atomic E-state index is 11.8. The molecule has 0 saturated carbocycles. The Morgan fingerprint density at radius 3 is 2.48 bits per heavy atom. The molecule has 0 atom stereocenters. The SMILES string of the molecule is COc1ccccc1OCCNC(=O)CSCc1ccccc1. The molecule has 5 heteroatoms. The molecule has 0 heterocycles. The summed E-state index contributed by atoms with van der Waals surface area (Å²) in [6.45, 7) is 0.887. The molecule has 2 aromatic rings. The van der Waals surface area contributed by atoms with Crippen molar-refractivity contribution in [3.63, 3.8) is 0 Å². The number of benzene rings is 2. The number of thioether (sulfide) groups is 1. The van der Waals surface area contributed by atoms with E-state index in [9.17, 15) is 4.79 Å². The fourth-order valence-electron chi connectivity index (χ4n) is 1.98. The van der Waals surface area contributed by atoms with E-state index < -0.39 is 0 Å². The summed E-state index contributed by atoms with van der Waals surface area (Å²) in [5.74, 6) is 2.68. The number of nitrogens with one attached hydrogen (secondary N) is 1. The second-order valence-electron chi connectivity index (χ2n) is 4.83. The van der Waals surface area contributed by atoms with Gasteiger partial charge in [-0.05, 0) is 17.7 Å². The Hall–Kier alpha value is -2.14. The molecule has 0 spiro atoms. The maximum Gasteiger partial charge on any atom is 0.230 e. The summed E-state index contributed by atoms with van der Waals surface area (Å²) in [6.07, 6.45) is 0. The number of hydrogen-bond donors (Lipinski definition) is 1. The minimum absolute atomic E-state index is 0.0227. The van der Waals surface area contributed by atoms with Crippen molar-refractivity contribution in [3.8, 4) is 11.5 Å². The Bertz CT molecular complexity index is 604. The molecule has 1 amide bonds. The van der Waals surface area contributed by atoms with Gasteiger partial charge in [-0.2, -0.15) is 0 Å². The number of carbonyl (C=O) groups is 1. The summed E-state index contributed by atoms with van der Waals surface area (Å²) in [6, 6.07) is 17.6. The average Bonchev–Trinajstić information content (AvgIpc) is 2.60. The summed E-state index contributed by atoms with van der Waals surface area (Å²) in [5.41, 5.74) is 1.23. The minimum Gasteiger partial charge on any atom is -0.493 e. The first-order valence-electron chi connectivity index (χ1n) is 7.44. The number of amides is 1. The highest BCUT2D eigenvalue weighted by molar-refractivity contribution is 7.99. The highest BCUT2D eigenvalue weighted by Crippen LogP contribution is 2.25. The van der Waals surface area contributed by atoms with Gasteiger partial charge in [0.25, 0.3) is 0 Å². The smallest absolute Gasteiger partial charge is 0.230 e. The summed E-state index contributed by atoms with van der Waals surface area (Å²) in [5, 5.41) is 2.85. The van der Waals surface area contributed by atoms with Gasteiger partial charge in [0.2, 0.25) is 5.91 Å². The van der Waals surface area contributed by atoms with Gasteiger partial charge in [-0.1, -0.05) is 42.5 Å². The molecule has 4 nitrogen and oxygen atoms in total. The Morgan fingerprint density at radius 1 is 1.04 bits per heavy atom. The van der Waals surface area contributed by atoms with Crippen molar-refractivity contribution in [2.24, 2.45) is 0 Å². The molecule has 0 aromatic heterocycles. The van der Waals surface area contributed by atoms with Gasteiger partial charge >= 0.3 is 0 Å². The van der Waals surface area contributed by atoms with Crippen LogP contribution >= 0.6 is 11.8 Å². The molecule has 0 aliphatic rings. The third kappa shape index (κ3) is 6.24. The predicted molar refractivity (Wildman–Crippen MR) is 94.1 cm³/mol. The molecular weight excluding hydrogens is 310 g/mol. The summed E-state index contributed by atoms with van der Waals surface area (Å²) in [7, 11) is 1.61. The van der Waals surface area contributed by atoms with Crippen LogP contribution in [-0.4, -0.2) is 31.9 Å². The van der Waals surface area contributed by atoms with Crippen molar-refractivity contribution in [2.75, 3.05) is 26.0 Å². The van der Waals surface area contributed by atoms with E-state index in [4.69, 9.17) is 9.47 Å². The van der Waals surface area contributed by atoms with Crippen LogP contribution in [0, 0.1) is 0 Å². The van der Waals surface area contributed by atoms with E-state index in [0.717, 1.165) is 5.75 Å². The standard InChI is InChI=1S/C18H21NO3S/c1-21-16-9-5-6-10-17(16)22-12-11-19-18(20)14-23-13-15-7-3-2-4-8-15/h2-10H,11-14H2,1H3,(H,19,20). The Kier molecular flexibility index (Phi) is 7.33. The van der Waals surface area contributed by atoms with Crippen LogP contribution in [0.25, 0.3) is 0 Å². The number of carbonyl (C=O) groups excluding carboxylic acids is 1. The first-order valence-corrected chi connectivity index (χ1v) is 8.59. The van der Waals surface area contributed by atoms with Crippen molar-refractivity contribution in [3.05, 3.63) is 60.2 Å². The van der Waals surface area contributed by atoms with Crippen LogP contribution < -0.4 is 14.8 Å². The second kappa shape index (κ2) is 9.79. The number of hydrogen-bond acceptors (Lipinski definition) is 4. The highest BCUT2D eigenvalue weighted by atomic mass is 32.2. The van der Waals surface area contributed by atoms with Crippen molar-refractivity contribution >= 4 is 17.7 Å². The predicted octanol–water partition coefficient (Wildman–Crippen LogP) is 3.12. The van der Waals surface area contributed by atoms with Gasteiger partial charge in [0.05, 0.1) is 19.4 Å². The van der Waals surface area contributed by atoms with E-state index in [2.05, 4.69) is 17.4 Å². The largest absolute Gasteiger partial charge is 0.493 e. The zero-order valence-electron chi connectivity index (χ0n) is 13.2. The molecule has 1 N–H and O–H groups in total. The minimum atomic E-state index is 0.0227. The Labute approximate surface area is 141 Å². The molecule has 0 aliphatic heterocycles. The van der Waals surface area contributed by atoms with Crippen molar-refractivity contribution < 1.29 is 14.3 Å². The van der Waals surface area contributed by atoms with Crippen molar-refractivity contribution in [1.82, 2.24) is 5.32 Å². The average molecular weight is 331 g/mol. The van der Waals surface area contributed by atoms with Crippen LogP contribution in [0.15, 0.2) is 54.6 Å². The molecule has 122 valence electrons. The van der Waals surface area contributed by atoms with Crippen molar-refractivity contribution in [1.29, 1.82) is 0 Å². The van der Waals surface area contributed by atoms with Crippen LogP contribution in [-0.2, 0) is 10.5 Å². The topological polar surface area (TPSA) is 47.6 Å². The van der Waals surface area contributed by atoms with E-state index in [0.29, 0.717) is 30.4 Å². The van der Waals surface area contributed by atoms with Crippen LogP contribution in [0.5, 0.6) is 11.5 Å². The summed E-state index contributed by atoms with van der Waals surface area (Å²) >= 11 is 1.60. The Balaban J connectivity index is 1.59. The monoisotopic (exact) mass is 331 g/mol. The first-order chi connectivity index (χ1) is 11.3. The molecule has 0 saturated heterocycles. The van der Waals surface area contributed by atoms with Gasteiger partial charge < -0.3 is 14.8 Å². The van der Waals surface area contributed by atoms with Gasteiger partial charge in [0, 0.05) is 5.75 Å². The third-order valence-corrected chi connectivity index (χ3v) is 4.10. The number of para-hydroxylation sites is 2. The van der Waals surface area contributed by atoms with Crippen LogP contribution in [0.2, 0.25) is 0 Å². The van der Waals surface area contributed by atoms with Gasteiger partial charge in [0.15, 0.2) is 11.5 Å². The van der Waals surface area contributed by atoms with Crippen LogP contribution in [0.1, 0.15) is 5.56 Å². The summed E-state index contributed by atoms with van der Waals surface area (Å²) < 4.78 is 10.8. The zero-order chi connectivity index (χ0) is 16.3. The molecule has 0 fully saturated rings. The normalized spacial score (nSPS) is 10.1. The van der Waals surface area contributed by atoms with Gasteiger partial charge in [0.1, 0.15) is 6.61 Å². The van der Waals surface area contributed by atoms with Gasteiger partial charge in [-0.15, -0.1) is 11.8 Å².